The second-order valence-corrected chi connectivity index (χ2v) is 14.5. The van der Waals surface area contributed by atoms with Crippen LogP contribution in [0.2, 0.25) is 0 Å². The molecule has 0 aliphatic heterocycles. The van der Waals surface area contributed by atoms with Crippen LogP contribution >= 0.6 is 0 Å². The number of aromatic hydroxyl groups is 8. The predicted molar refractivity (Wildman–Crippen MR) is 218 cm³/mol. The lowest BCUT2D eigenvalue weighted by molar-refractivity contribution is -0.162. The topological polar surface area (TPSA) is 237 Å². The standard InChI is InChI=1S/C45H47NO12/c1-3-5-6-9-23(19-39(52)58-44(45(56)57)33(22-46-4-2)25-17-35(48)43(55)36(49)18-25)30-20-37(50)41(53)28-15-14-24(16-32(28)30)31-21-38(51)42(54)29-12-7-10-26-27(40(29)31)11-8-13-34(26)47/h8,11,13-21,33,44,46-51,53-55H,3-7,9-10,12,22H2,1-2H3,(H,56,57). The van der Waals surface area contributed by atoms with Gasteiger partial charge in [0.05, 0.1) is 0 Å². The molecule has 0 bridgehead atoms. The molecule has 304 valence electrons. The first-order valence-electron chi connectivity index (χ1n) is 19.2. The van der Waals surface area contributed by atoms with Crippen molar-refractivity contribution >= 4 is 28.3 Å². The molecule has 0 saturated carbocycles. The monoisotopic (exact) mass is 793 g/mol. The van der Waals surface area contributed by atoms with Crippen LogP contribution in [0.3, 0.4) is 0 Å². The summed E-state index contributed by atoms with van der Waals surface area (Å²) in [5.74, 6) is -7.21. The summed E-state index contributed by atoms with van der Waals surface area (Å²) in [5.41, 5.74) is 4.38. The van der Waals surface area contributed by atoms with E-state index in [4.69, 9.17) is 4.74 Å². The first-order chi connectivity index (χ1) is 27.7. The molecule has 13 heteroatoms. The third-order valence-electron chi connectivity index (χ3n) is 10.7. The number of rotatable bonds is 14. The summed E-state index contributed by atoms with van der Waals surface area (Å²) in [6.45, 7) is 4.15. The molecule has 0 heterocycles. The number of carboxylic acids is 1. The number of carbonyl (C=O) groups excluding carboxylic acids is 1. The number of esters is 1. The van der Waals surface area contributed by atoms with Gasteiger partial charge in [-0.15, -0.1) is 0 Å². The van der Waals surface area contributed by atoms with Crippen molar-refractivity contribution < 1.29 is 60.3 Å². The molecule has 0 radical (unpaired) electrons. The number of carbonyl (C=O) groups is 2. The van der Waals surface area contributed by atoms with Gasteiger partial charge in [-0.3, -0.25) is 0 Å². The molecule has 6 rings (SSSR count). The molecular formula is C45H47NO12. The smallest absolute Gasteiger partial charge is 0.345 e. The molecule has 10 N–H and O–H groups in total. The first kappa shape index (κ1) is 41.0. The minimum absolute atomic E-state index is 0.0443. The zero-order valence-corrected chi connectivity index (χ0v) is 32.1. The zero-order chi connectivity index (χ0) is 41.8. The maximum Gasteiger partial charge on any atom is 0.345 e. The van der Waals surface area contributed by atoms with Crippen molar-refractivity contribution in [3.63, 3.8) is 0 Å². The average molecular weight is 794 g/mol. The lowest BCUT2D eigenvalue weighted by Gasteiger charge is -2.25. The van der Waals surface area contributed by atoms with E-state index in [1.807, 2.05) is 13.0 Å². The largest absolute Gasteiger partial charge is 0.508 e. The Kier molecular flexibility index (Phi) is 12.2. The molecular weight excluding hydrogens is 746 g/mol. The van der Waals surface area contributed by atoms with Gasteiger partial charge < -0.3 is 56.0 Å². The number of phenols is 8. The highest BCUT2D eigenvalue weighted by Gasteiger charge is 2.34. The van der Waals surface area contributed by atoms with Gasteiger partial charge in [0.1, 0.15) is 5.75 Å². The second kappa shape index (κ2) is 17.3. The number of hydrogen-bond acceptors (Lipinski definition) is 12. The zero-order valence-electron chi connectivity index (χ0n) is 32.1. The molecule has 0 amide bonds. The lowest BCUT2D eigenvalue weighted by atomic mass is 9.86. The van der Waals surface area contributed by atoms with Crippen LogP contribution in [0.1, 0.15) is 74.1 Å². The van der Waals surface area contributed by atoms with E-state index >= 15 is 0 Å². The summed E-state index contributed by atoms with van der Waals surface area (Å²) >= 11 is 0. The van der Waals surface area contributed by atoms with Crippen molar-refractivity contribution in [3.8, 4) is 68.2 Å². The number of benzene rings is 5. The minimum atomic E-state index is -1.82. The van der Waals surface area contributed by atoms with Gasteiger partial charge in [0, 0.05) is 35.1 Å². The molecule has 2 unspecified atom stereocenters. The van der Waals surface area contributed by atoms with E-state index in [1.165, 1.54) is 12.1 Å². The van der Waals surface area contributed by atoms with E-state index in [0.29, 0.717) is 82.1 Å². The number of aliphatic carboxylic acids is 1. The summed E-state index contributed by atoms with van der Waals surface area (Å²) in [4.78, 5) is 26.6. The molecule has 0 spiro atoms. The molecule has 0 aromatic heterocycles. The highest BCUT2D eigenvalue weighted by Crippen LogP contribution is 2.50. The number of allylic oxidation sites excluding steroid dienone is 1. The van der Waals surface area contributed by atoms with Gasteiger partial charge in [0.25, 0.3) is 0 Å². The van der Waals surface area contributed by atoms with Crippen LogP contribution in [0.25, 0.3) is 38.6 Å². The van der Waals surface area contributed by atoms with E-state index in [-0.39, 0.29) is 41.2 Å². The normalized spacial score (nSPS) is 13.7. The number of ether oxygens (including phenoxy) is 1. The van der Waals surface area contributed by atoms with Crippen molar-refractivity contribution in [3.05, 3.63) is 89.0 Å². The average Bonchev–Trinajstić information content (AvgIpc) is 3.40. The van der Waals surface area contributed by atoms with Crippen LogP contribution in [-0.2, 0) is 27.2 Å². The number of unbranched alkanes of at least 4 members (excludes halogenated alkanes) is 2. The van der Waals surface area contributed by atoms with Gasteiger partial charge in [-0.2, -0.15) is 0 Å². The Bertz CT molecular complexity index is 2400. The van der Waals surface area contributed by atoms with Crippen LogP contribution in [0.15, 0.2) is 66.7 Å². The van der Waals surface area contributed by atoms with Crippen molar-refractivity contribution in [1.29, 1.82) is 0 Å². The molecule has 58 heavy (non-hydrogen) atoms. The maximum absolute atomic E-state index is 13.9. The number of fused-ring (bicyclic) bond motifs is 4. The Hall–Kier alpha value is -6.60. The second-order valence-electron chi connectivity index (χ2n) is 14.5. The molecule has 0 saturated heterocycles. The third kappa shape index (κ3) is 8.12. The third-order valence-corrected chi connectivity index (χ3v) is 10.7. The van der Waals surface area contributed by atoms with Gasteiger partial charge in [-0.25, -0.2) is 9.59 Å². The summed E-state index contributed by atoms with van der Waals surface area (Å²) in [5, 5.41) is 99.2. The van der Waals surface area contributed by atoms with Crippen molar-refractivity contribution in [2.45, 2.75) is 70.8 Å². The lowest BCUT2D eigenvalue weighted by Crippen LogP contribution is -2.38. The van der Waals surface area contributed by atoms with Crippen LogP contribution in [-0.4, -0.2) is 77.1 Å². The Labute approximate surface area is 334 Å². The number of phenolic OH excluding ortho intramolecular Hbond substituents is 8. The summed E-state index contributed by atoms with van der Waals surface area (Å²) in [6.07, 6.45) is 3.35. The Morgan fingerprint density at radius 1 is 0.741 bits per heavy atom. The number of carboxylic acid groups (broad SMARTS) is 1. The maximum atomic E-state index is 13.9. The van der Waals surface area contributed by atoms with Gasteiger partial charge in [0.2, 0.25) is 6.10 Å². The number of hydrogen-bond donors (Lipinski definition) is 10. The fraction of sp³-hybridized carbons (Fsp3) is 0.289. The van der Waals surface area contributed by atoms with E-state index in [9.17, 15) is 55.5 Å². The van der Waals surface area contributed by atoms with E-state index < -0.39 is 52.7 Å². The highest BCUT2D eigenvalue weighted by molar-refractivity contribution is 6.05. The van der Waals surface area contributed by atoms with Gasteiger partial charge in [-0.1, -0.05) is 44.9 Å². The Morgan fingerprint density at radius 3 is 2.12 bits per heavy atom. The van der Waals surface area contributed by atoms with Gasteiger partial charge >= 0.3 is 11.9 Å². The van der Waals surface area contributed by atoms with Crippen LogP contribution in [0.5, 0.6) is 46.0 Å². The first-order valence-corrected chi connectivity index (χ1v) is 19.2. The molecule has 1 aliphatic carbocycles. The van der Waals surface area contributed by atoms with Crippen LogP contribution < -0.4 is 5.32 Å². The van der Waals surface area contributed by atoms with Crippen LogP contribution in [0, 0.1) is 0 Å². The molecule has 0 fully saturated rings. The van der Waals surface area contributed by atoms with Crippen molar-refractivity contribution in [1.82, 2.24) is 5.32 Å². The van der Waals surface area contributed by atoms with E-state index in [2.05, 4.69) is 5.32 Å². The SMILES string of the molecule is CCCCCC(=CC(=O)OC(C(=O)O)C(CNCC)c1cc(O)c(O)c(O)c1)c1cc(O)c(O)c2ccc(-c3cc(O)c(O)c4c3-c3cccc(O)c3CCC4)cc12. The Balaban J connectivity index is 1.50. The van der Waals surface area contributed by atoms with Crippen molar-refractivity contribution in [2.75, 3.05) is 13.1 Å². The molecule has 5 aromatic rings. The number of nitrogens with one attached hydrogen (secondary N) is 1. The van der Waals surface area contributed by atoms with Gasteiger partial charge in [-0.05, 0) is 125 Å². The molecule has 2 atom stereocenters. The van der Waals surface area contributed by atoms with E-state index in [1.54, 1.807) is 37.3 Å². The van der Waals surface area contributed by atoms with Gasteiger partial charge in [0.15, 0.2) is 40.2 Å². The van der Waals surface area contributed by atoms with Crippen LogP contribution in [0.4, 0.5) is 0 Å². The number of likely N-dealkylation sites (N-methyl/N-ethyl adjacent to an activating group) is 1. The molecule has 5 aromatic carbocycles. The minimum Gasteiger partial charge on any atom is -0.508 e. The fourth-order valence-electron chi connectivity index (χ4n) is 7.83. The quantitative estimate of drug-likeness (QED) is 0.0225. The predicted octanol–water partition coefficient (Wildman–Crippen LogP) is 7.66. The highest BCUT2D eigenvalue weighted by atomic mass is 16.6. The van der Waals surface area contributed by atoms with E-state index in [0.717, 1.165) is 31.1 Å². The van der Waals surface area contributed by atoms with Crippen molar-refractivity contribution in [2.24, 2.45) is 0 Å². The fourth-order valence-corrected chi connectivity index (χ4v) is 7.83. The molecule has 1 aliphatic rings. The summed E-state index contributed by atoms with van der Waals surface area (Å²) in [6, 6.07) is 15.1. The Morgan fingerprint density at radius 2 is 1.43 bits per heavy atom. The summed E-state index contributed by atoms with van der Waals surface area (Å²) < 4.78 is 5.63. The summed E-state index contributed by atoms with van der Waals surface area (Å²) in [7, 11) is 0. The molecule has 13 nitrogen and oxygen atoms in total.